The molecule has 0 saturated carbocycles. The summed E-state index contributed by atoms with van der Waals surface area (Å²) in [6.45, 7) is 2.88. The number of hydrogen-bond acceptors (Lipinski definition) is 8. The average Bonchev–Trinajstić information content (AvgIpc) is 3.51. The van der Waals surface area contributed by atoms with E-state index in [9.17, 15) is 14.7 Å². The number of esters is 1. The molecule has 1 aliphatic rings. The van der Waals surface area contributed by atoms with Gasteiger partial charge < -0.3 is 20.1 Å². The lowest BCUT2D eigenvalue weighted by Crippen LogP contribution is -2.39. The number of aliphatic hydroxyl groups excluding tert-OH is 1. The summed E-state index contributed by atoms with van der Waals surface area (Å²) in [4.78, 5) is 26.2. The van der Waals surface area contributed by atoms with Crippen LogP contribution in [-0.4, -0.2) is 74.9 Å². The van der Waals surface area contributed by atoms with Crippen molar-refractivity contribution in [3.63, 3.8) is 0 Å². The Bertz CT molecular complexity index is 1100. The van der Waals surface area contributed by atoms with Crippen LogP contribution in [-0.2, 0) is 29.0 Å². The van der Waals surface area contributed by atoms with Gasteiger partial charge in [-0.3, -0.25) is 4.79 Å². The van der Waals surface area contributed by atoms with Gasteiger partial charge in [-0.05, 0) is 59.1 Å². The van der Waals surface area contributed by atoms with Crippen LogP contribution in [0.2, 0.25) is 0 Å². The van der Waals surface area contributed by atoms with Crippen LogP contribution in [0.4, 0.5) is 0 Å². The zero-order valence-electron chi connectivity index (χ0n) is 18.9. The number of carbonyl (C=O) groups is 2. The Labute approximate surface area is 197 Å². The van der Waals surface area contributed by atoms with Crippen LogP contribution >= 0.6 is 0 Å². The molecule has 178 valence electrons. The topological polar surface area (TPSA) is 122 Å². The van der Waals surface area contributed by atoms with Gasteiger partial charge in [0.1, 0.15) is 12.9 Å². The number of rotatable bonds is 12. The van der Waals surface area contributed by atoms with E-state index in [0.29, 0.717) is 38.2 Å². The van der Waals surface area contributed by atoms with Gasteiger partial charge in [-0.15, -0.1) is 5.10 Å². The van der Waals surface area contributed by atoms with Crippen molar-refractivity contribution in [2.45, 2.75) is 25.9 Å². The van der Waals surface area contributed by atoms with Crippen LogP contribution in [0.5, 0.6) is 0 Å². The number of hydrogen-bond donors (Lipinski definition) is 2. The summed E-state index contributed by atoms with van der Waals surface area (Å²) < 4.78 is 6.61. The van der Waals surface area contributed by atoms with Crippen LogP contribution in [0, 0.1) is 0 Å². The number of aliphatic hydroxyl groups is 1. The fourth-order valence-electron chi connectivity index (χ4n) is 3.87. The van der Waals surface area contributed by atoms with Crippen LogP contribution in [0.25, 0.3) is 5.69 Å². The standard InChI is InChI=1S/C24H28N6O4/c31-13-1-11-29(23(32)15-18-2-5-21(6-3-18)30-17-26-27-28-30)12-10-25-9-8-19-4-7-22-20(14-19)16-34-24(22)33/h2-7,14,17,25,31H,1,8-13,15-16H2. The third kappa shape index (κ3) is 6.03. The number of benzene rings is 2. The number of amides is 1. The zero-order chi connectivity index (χ0) is 23.8. The van der Waals surface area contributed by atoms with E-state index < -0.39 is 0 Å². The second kappa shape index (κ2) is 11.5. The molecule has 0 radical (unpaired) electrons. The van der Waals surface area contributed by atoms with Gasteiger partial charge in [0.25, 0.3) is 0 Å². The second-order valence-corrected chi connectivity index (χ2v) is 8.12. The highest BCUT2D eigenvalue weighted by Crippen LogP contribution is 2.21. The molecule has 0 aliphatic carbocycles. The van der Waals surface area contributed by atoms with Gasteiger partial charge in [-0.2, -0.15) is 0 Å². The predicted octanol–water partition coefficient (Wildman–Crippen LogP) is 0.919. The van der Waals surface area contributed by atoms with Crippen LogP contribution in [0.1, 0.15) is 33.5 Å². The summed E-state index contributed by atoms with van der Waals surface area (Å²) >= 11 is 0. The highest BCUT2D eigenvalue weighted by Gasteiger charge is 2.20. The molecule has 0 bridgehead atoms. The Kier molecular flexibility index (Phi) is 7.95. The van der Waals surface area contributed by atoms with Crippen molar-refractivity contribution >= 4 is 11.9 Å². The summed E-state index contributed by atoms with van der Waals surface area (Å²) in [6, 6.07) is 13.3. The minimum absolute atomic E-state index is 0.0220. The van der Waals surface area contributed by atoms with E-state index in [4.69, 9.17) is 4.74 Å². The van der Waals surface area contributed by atoms with E-state index >= 15 is 0 Å². The Morgan fingerprint density at radius 2 is 1.94 bits per heavy atom. The minimum atomic E-state index is -0.254. The predicted molar refractivity (Wildman–Crippen MR) is 123 cm³/mol. The molecule has 0 spiro atoms. The number of nitrogens with one attached hydrogen (secondary N) is 1. The Morgan fingerprint density at radius 1 is 1.12 bits per heavy atom. The first-order valence-electron chi connectivity index (χ1n) is 11.3. The fraction of sp³-hybridized carbons (Fsp3) is 0.375. The normalized spacial score (nSPS) is 12.4. The van der Waals surface area contributed by atoms with Gasteiger partial charge in [-0.25, -0.2) is 9.48 Å². The molecule has 10 nitrogen and oxygen atoms in total. The minimum Gasteiger partial charge on any atom is -0.457 e. The van der Waals surface area contributed by atoms with Crippen LogP contribution in [0.3, 0.4) is 0 Å². The number of cyclic esters (lactones) is 1. The number of ether oxygens (including phenoxy) is 1. The third-order valence-corrected chi connectivity index (χ3v) is 5.74. The monoisotopic (exact) mass is 464 g/mol. The van der Waals surface area contributed by atoms with Crippen molar-refractivity contribution in [1.82, 2.24) is 30.4 Å². The smallest absolute Gasteiger partial charge is 0.338 e. The SMILES string of the molecule is O=C1OCc2cc(CCNCCN(CCCO)C(=O)Cc3ccc(-n4cnnn4)cc3)ccc21. The molecule has 0 unspecified atom stereocenters. The molecular formula is C24H28N6O4. The lowest BCUT2D eigenvalue weighted by Gasteiger charge is -2.23. The van der Waals surface area contributed by atoms with Crippen molar-refractivity contribution in [2.75, 3.05) is 32.8 Å². The van der Waals surface area contributed by atoms with Gasteiger partial charge in [0.05, 0.1) is 17.7 Å². The number of fused-ring (bicyclic) bond motifs is 1. The molecule has 0 atom stereocenters. The molecule has 0 fully saturated rings. The fourth-order valence-corrected chi connectivity index (χ4v) is 3.87. The number of nitrogens with zero attached hydrogens (tertiary/aromatic N) is 5. The van der Waals surface area contributed by atoms with Gasteiger partial charge in [0.15, 0.2) is 0 Å². The zero-order valence-corrected chi connectivity index (χ0v) is 18.9. The van der Waals surface area contributed by atoms with Crippen molar-refractivity contribution < 1.29 is 19.4 Å². The summed E-state index contributed by atoms with van der Waals surface area (Å²) in [5, 5.41) is 23.7. The van der Waals surface area contributed by atoms with E-state index in [-0.39, 0.29) is 24.9 Å². The lowest BCUT2D eigenvalue weighted by atomic mass is 10.0. The lowest BCUT2D eigenvalue weighted by molar-refractivity contribution is -0.130. The van der Waals surface area contributed by atoms with Crippen molar-refractivity contribution in [3.05, 3.63) is 71.0 Å². The summed E-state index contributed by atoms with van der Waals surface area (Å²) in [5.74, 6) is -0.232. The van der Waals surface area contributed by atoms with Crippen molar-refractivity contribution in [1.29, 1.82) is 0 Å². The van der Waals surface area contributed by atoms with E-state index in [1.807, 2.05) is 42.5 Å². The molecular weight excluding hydrogens is 436 g/mol. The van der Waals surface area contributed by atoms with E-state index in [2.05, 4.69) is 20.8 Å². The number of tetrazole rings is 1. The molecule has 2 N–H and O–H groups in total. The molecule has 2 aromatic carbocycles. The summed E-state index contributed by atoms with van der Waals surface area (Å²) in [6.07, 6.45) is 3.17. The first-order valence-corrected chi connectivity index (χ1v) is 11.3. The second-order valence-electron chi connectivity index (χ2n) is 8.12. The van der Waals surface area contributed by atoms with Gasteiger partial charge in [0, 0.05) is 31.8 Å². The molecule has 2 heterocycles. The Hall–Kier alpha value is -3.63. The molecule has 1 aromatic heterocycles. The Morgan fingerprint density at radius 3 is 2.71 bits per heavy atom. The van der Waals surface area contributed by atoms with Crippen LogP contribution in [0.15, 0.2) is 48.8 Å². The molecule has 1 aliphatic heterocycles. The highest BCUT2D eigenvalue weighted by atomic mass is 16.5. The van der Waals surface area contributed by atoms with Crippen molar-refractivity contribution in [3.8, 4) is 5.69 Å². The molecule has 3 aromatic rings. The maximum absolute atomic E-state index is 12.9. The van der Waals surface area contributed by atoms with E-state index in [0.717, 1.165) is 35.3 Å². The summed E-state index contributed by atoms with van der Waals surface area (Å²) in [7, 11) is 0. The van der Waals surface area contributed by atoms with E-state index in [1.165, 1.54) is 6.33 Å². The highest BCUT2D eigenvalue weighted by molar-refractivity contribution is 5.93. The first kappa shape index (κ1) is 23.5. The summed E-state index contributed by atoms with van der Waals surface area (Å²) in [5.41, 5.74) is 4.46. The third-order valence-electron chi connectivity index (χ3n) is 5.74. The Balaban J connectivity index is 1.23. The largest absolute Gasteiger partial charge is 0.457 e. The maximum atomic E-state index is 12.9. The van der Waals surface area contributed by atoms with Gasteiger partial charge >= 0.3 is 5.97 Å². The maximum Gasteiger partial charge on any atom is 0.338 e. The molecule has 34 heavy (non-hydrogen) atoms. The number of carbonyl (C=O) groups excluding carboxylic acids is 2. The molecule has 0 saturated heterocycles. The number of aromatic nitrogens is 4. The van der Waals surface area contributed by atoms with Crippen LogP contribution < -0.4 is 5.32 Å². The molecule has 4 rings (SSSR count). The van der Waals surface area contributed by atoms with Gasteiger partial charge in [-0.1, -0.05) is 24.3 Å². The van der Waals surface area contributed by atoms with Crippen molar-refractivity contribution in [2.24, 2.45) is 0 Å². The van der Waals surface area contributed by atoms with E-state index in [1.54, 1.807) is 9.58 Å². The quantitative estimate of drug-likeness (QED) is 0.300. The first-order chi connectivity index (χ1) is 16.6. The molecule has 10 heteroatoms. The average molecular weight is 465 g/mol. The van der Waals surface area contributed by atoms with Gasteiger partial charge in [0.2, 0.25) is 5.91 Å². The molecule has 1 amide bonds.